The third kappa shape index (κ3) is 1.80. The zero-order chi connectivity index (χ0) is 11.7. The van der Waals surface area contributed by atoms with Gasteiger partial charge in [0.25, 0.3) is 0 Å². The Balaban J connectivity index is 2.76. The Morgan fingerprint density at radius 2 is 2.06 bits per heavy atom. The fourth-order valence-electron chi connectivity index (χ4n) is 1.60. The van der Waals surface area contributed by atoms with E-state index in [0.29, 0.717) is 10.6 Å². The highest BCUT2D eigenvalue weighted by Crippen LogP contribution is 2.25. The summed E-state index contributed by atoms with van der Waals surface area (Å²) >= 11 is 5.86. The molecule has 1 heterocycles. The number of halogens is 1. The summed E-state index contributed by atoms with van der Waals surface area (Å²) in [6, 6.07) is 7.69. The Morgan fingerprint density at radius 3 is 2.69 bits per heavy atom. The molecule has 3 nitrogen and oxygen atoms in total. The van der Waals surface area contributed by atoms with Crippen molar-refractivity contribution < 1.29 is 0 Å². The van der Waals surface area contributed by atoms with Crippen molar-refractivity contribution >= 4 is 28.2 Å². The van der Waals surface area contributed by atoms with Crippen LogP contribution in [0, 0.1) is 11.3 Å². The zero-order valence-electron chi connectivity index (χ0n) is 9.03. The van der Waals surface area contributed by atoms with E-state index in [0.717, 1.165) is 16.6 Å². The molecule has 0 aliphatic carbocycles. The van der Waals surface area contributed by atoms with Crippen molar-refractivity contribution in [3.63, 3.8) is 0 Å². The summed E-state index contributed by atoms with van der Waals surface area (Å²) in [4.78, 5) is 6.13. The molecule has 0 radical (unpaired) electrons. The summed E-state index contributed by atoms with van der Waals surface area (Å²) in [5, 5.41) is 10.5. The van der Waals surface area contributed by atoms with Crippen molar-refractivity contribution in [2.75, 3.05) is 19.0 Å². The standard InChI is InChI=1S/C12H10ClN3/c1-16(2)12-5-11-8(3-9(12)6-14)4-10(13)7-15-11/h3-5,7H,1-2H3. The van der Waals surface area contributed by atoms with Gasteiger partial charge in [0.15, 0.2) is 0 Å². The molecule has 0 saturated heterocycles. The number of hydrogen-bond acceptors (Lipinski definition) is 3. The van der Waals surface area contributed by atoms with Crippen LogP contribution in [0.3, 0.4) is 0 Å². The Labute approximate surface area is 98.9 Å². The SMILES string of the molecule is CN(C)c1cc2ncc(Cl)cc2cc1C#N. The van der Waals surface area contributed by atoms with Crippen LogP contribution in [0.1, 0.15) is 5.56 Å². The highest BCUT2D eigenvalue weighted by molar-refractivity contribution is 6.31. The molecule has 80 valence electrons. The minimum absolute atomic E-state index is 0.578. The number of pyridine rings is 1. The molecule has 1 aromatic carbocycles. The van der Waals surface area contributed by atoms with E-state index in [1.165, 1.54) is 0 Å². The largest absolute Gasteiger partial charge is 0.377 e. The van der Waals surface area contributed by atoms with E-state index >= 15 is 0 Å². The molecule has 0 unspecified atom stereocenters. The van der Waals surface area contributed by atoms with Gasteiger partial charge in [-0.3, -0.25) is 4.98 Å². The lowest BCUT2D eigenvalue weighted by Gasteiger charge is -2.14. The van der Waals surface area contributed by atoms with Crippen LogP contribution < -0.4 is 4.90 Å². The minimum atomic E-state index is 0.578. The fraction of sp³-hybridized carbons (Fsp3) is 0.167. The summed E-state index contributed by atoms with van der Waals surface area (Å²) in [5.41, 5.74) is 2.33. The molecule has 0 saturated carbocycles. The van der Waals surface area contributed by atoms with Gasteiger partial charge in [-0.05, 0) is 18.2 Å². The van der Waals surface area contributed by atoms with Gasteiger partial charge in [0, 0.05) is 25.7 Å². The van der Waals surface area contributed by atoms with Gasteiger partial charge >= 0.3 is 0 Å². The normalized spacial score (nSPS) is 10.1. The quantitative estimate of drug-likeness (QED) is 0.758. The monoisotopic (exact) mass is 231 g/mol. The van der Waals surface area contributed by atoms with Crippen molar-refractivity contribution in [3.8, 4) is 6.07 Å². The number of aromatic nitrogens is 1. The average Bonchev–Trinajstić information content (AvgIpc) is 2.26. The van der Waals surface area contributed by atoms with Gasteiger partial charge in [0.05, 0.1) is 21.8 Å². The van der Waals surface area contributed by atoms with Gasteiger partial charge < -0.3 is 4.90 Å². The first kappa shape index (κ1) is 10.7. The number of benzene rings is 1. The van der Waals surface area contributed by atoms with Crippen LogP contribution >= 0.6 is 11.6 Å². The summed E-state index contributed by atoms with van der Waals surface area (Å²) in [7, 11) is 3.80. The second-order valence-electron chi connectivity index (χ2n) is 3.72. The number of nitriles is 1. The van der Waals surface area contributed by atoms with Gasteiger partial charge in [0.2, 0.25) is 0 Å². The molecule has 2 rings (SSSR count). The predicted molar refractivity (Wildman–Crippen MR) is 65.8 cm³/mol. The Bertz CT molecular complexity index is 585. The third-order valence-corrected chi connectivity index (χ3v) is 2.57. The molecule has 2 aromatic rings. The molecule has 4 heteroatoms. The first-order valence-corrected chi connectivity index (χ1v) is 5.16. The summed E-state index contributed by atoms with van der Waals surface area (Å²) in [6.07, 6.45) is 1.61. The minimum Gasteiger partial charge on any atom is -0.377 e. The summed E-state index contributed by atoms with van der Waals surface area (Å²) in [6.45, 7) is 0. The van der Waals surface area contributed by atoms with Crippen LogP contribution in [0.5, 0.6) is 0 Å². The van der Waals surface area contributed by atoms with Crippen LogP contribution in [-0.4, -0.2) is 19.1 Å². The number of anilines is 1. The number of hydrogen-bond donors (Lipinski definition) is 0. The molecular formula is C12H10ClN3. The van der Waals surface area contributed by atoms with Gasteiger partial charge in [-0.15, -0.1) is 0 Å². The van der Waals surface area contributed by atoms with Crippen LogP contribution in [0.2, 0.25) is 5.02 Å². The van der Waals surface area contributed by atoms with Crippen LogP contribution in [0.25, 0.3) is 10.9 Å². The number of rotatable bonds is 1. The first-order chi connectivity index (χ1) is 7.61. The maximum atomic E-state index is 9.07. The number of fused-ring (bicyclic) bond motifs is 1. The van der Waals surface area contributed by atoms with E-state index in [1.54, 1.807) is 6.20 Å². The van der Waals surface area contributed by atoms with Gasteiger partial charge in [-0.25, -0.2) is 0 Å². The summed E-state index contributed by atoms with van der Waals surface area (Å²) in [5.74, 6) is 0. The zero-order valence-corrected chi connectivity index (χ0v) is 9.78. The Kier molecular flexibility index (Phi) is 2.67. The van der Waals surface area contributed by atoms with Crippen LogP contribution in [-0.2, 0) is 0 Å². The highest BCUT2D eigenvalue weighted by atomic mass is 35.5. The lowest BCUT2D eigenvalue weighted by molar-refractivity contribution is 1.13. The highest BCUT2D eigenvalue weighted by Gasteiger charge is 2.07. The molecule has 0 aliphatic rings. The maximum Gasteiger partial charge on any atom is 0.101 e. The van der Waals surface area contributed by atoms with E-state index in [-0.39, 0.29) is 0 Å². The average molecular weight is 232 g/mol. The molecule has 1 aromatic heterocycles. The molecule has 0 amide bonds. The molecular weight excluding hydrogens is 222 g/mol. The molecule has 0 bridgehead atoms. The smallest absolute Gasteiger partial charge is 0.101 e. The molecule has 0 atom stereocenters. The fourth-order valence-corrected chi connectivity index (χ4v) is 1.76. The van der Waals surface area contributed by atoms with Crippen molar-refractivity contribution in [2.24, 2.45) is 0 Å². The molecule has 16 heavy (non-hydrogen) atoms. The second kappa shape index (κ2) is 3.99. The van der Waals surface area contributed by atoms with E-state index in [1.807, 2.05) is 37.2 Å². The van der Waals surface area contributed by atoms with E-state index in [9.17, 15) is 0 Å². The Hall–Kier alpha value is -1.79. The predicted octanol–water partition coefficient (Wildman–Crippen LogP) is 2.83. The van der Waals surface area contributed by atoms with Crippen molar-refractivity contribution in [3.05, 3.63) is 35.0 Å². The Morgan fingerprint density at radius 1 is 1.31 bits per heavy atom. The lowest BCUT2D eigenvalue weighted by Crippen LogP contribution is -2.10. The van der Waals surface area contributed by atoms with Crippen LogP contribution in [0.15, 0.2) is 24.4 Å². The van der Waals surface area contributed by atoms with Crippen LogP contribution in [0.4, 0.5) is 5.69 Å². The van der Waals surface area contributed by atoms with Crippen molar-refractivity contribution in [1.82, 2.24) is 4.98 Å². The topological polar surface area (TPSA) is 39.9 Å². The summed E-state index contributed by atoms with van der Waals surface area (Å²) < 4.78 is 0. The first-order valence-electron chi connectivity index (χ1n) is 4.78. The number of nitrogens with zero attached hydrogens (tertiary/aromatic N) is 3. The van der Waals surface area contributed by atoms with Gasteiger partial charge in [-0.2, -0.15) is 5.26 Å². The molecule has 0 N–H and O–H groups in total. The van der Waals surface area contributed by atoms with E-state index in [2.05, 4.69) is 11.1 Å². The lowest BCUT2D eigenvalue weighted by atomic mass is 10.1. The third-order valence-electron chi connectivity index (χ3n) is 2.37. The van der Waals surface area contributed by atoms with E-state index < -0.39 is 0 Å². The van der Waals surface area contributed by atoms with Gasteiger partial charge in [0.1, 0.15) is 6.07 Å². The van der Waals surface area contributed by atoms with E-state index in [4.69, 9.17) is 16.9 Å². The van der Waals surface area contributed by atoms with Gasteiger partial charge in [-0.1, -0.05) is 11.6 Å². The maximum absolute atomic E-state index is 9.07. The van der Waals surface area contributed by atoms with Crippen molar-refractivity contribution in [2.45, 2.75) is 0 Å². The second-order valence-corrected chi connectivity index (χ2v) is 4.16. The molecule has 0 fully saturated rings. The molecule has 0 spiro atoms. The van der Waals surface area contributed by atoms with Crippen molar-refractivity contribution in [1.29, 1.82) is 5.26 Å². The molecule has 0 aliphatic heterocycles.